The third-order valence-corrected chi connectivity index (χ3v) is 10.5. The molecule has 0 unspecified atom stereocenters. The summed E-state index contributed by atoms with van der Waals surface area (Å²) in [6.07, 6.45) is 3.59. The lowest BCUT2D eigenvalue weighted by molar-refractivity contribution is -0.129. The van der Waals surface area contributed by atoms with Gasteiger partial charge in [0.2, 0.25) is 0 Å². The Morgan fingerprint density at radius 3 is 2.20 bits per heavy atom. The Hall–Kier alpha value is -5.53. The molecule has 4 heterocycles. The highest BCUT2D eigenvalue weighted by atomic mass is 16.6. The molecule has 2 aliphatic heterocycles. The molecule has 4 atom stereocenters. The molecule has 288 valence electrons. The van der Waals surface area contributed by atoms with E-state index in [1.54, 1.807) is 11.1 Å². The summed E-state index contributed by atoms with van der Waals surface area (Å²) in [6, 6.07) is 19.8. The van der Waals surface area contributed by atoms with Crippen molar-refractivity contribution in [3.8, 4) is 33.6 Å². The zero-order valence-electron chi connectivity index (χ0n) is 32.1. The van der Waals surface area contributed by atoms with Gasteiger partial charge in [-0.25, -0.2) is 19.6 Å². The van der Waals surface area contributed by atoms with Crippen LogP contribution < -0.4 is 10.6 Å². The van der Waals surface area contributed by atoms with Crippen molar-refractivity contribution in [2.24, 2.45) is 5.92 Å². The van der Waals surface area contributed by atoms with Crippen molar-refractivity contribution in [1.82, 2.24) is 35.5 Å². The van der Waals surface area contributed by atoms with Crippen molar-refractivity contribution >= 4 is 28.7 Å². The Morgan fingerprint density at radius 2 is 1.55 bits per heavy atom. The minimum Gasteiger partial charge on any atom is -0.453 e. The predicted molar refractivity (Wildman–Crippen MR) is 209 cm³/mol. The third kappa shape index (κ3) is 7.72. The topological polar surface area (TPSA) is 175 Å². The molecule has 7 rings (SSSR count). The van der Waals surface area contributed by atoms with Gasteiger partial charge in [-0.05, 0) is 79.1 Å². The maximum absolute atomic E-state index is 14.0. The van der Waals surface area contributed by atoms with Crippen LogP contribution in [0, 0.1) is 5.92 Å². The zero-order chi connectivity index (χ0) is 39.1. The first-order valence-electron chi connectivity index (χ1n) is 18.8. The van der Waals surface area contributed by atoms with Crippen molar-refractivity contribution < 1.29 is 29.0 Å². The largest absolute Gasteiger partial charge is 0.453 e. The minimum absolute atomic E-state index is 0.116. The molecule has 0 radical (unpaired) electrons. The summed E-state index contributed by atoms with van der Waals surface area (Å²) in [4.78, 5) is 56.8. The normalized spacial score (nSPS) is 20.5. The number of ketones is 1. The number of carbonyl (C=O) groups is 3. The van der Waals surface area contributed by atoms with E-state index in [2.05, 4.69) is 79.1 Å². The number of amides is 2. The van der Waals surface area contributed by atoms with Gasteiger partial charge in [-0.1, -0.05) is 62.4 Å². The molecule has 2 saturated heterocycles. The molecule has 5 aromatic rings. The van der Waals surface area contributed by atoms with E-state index < -0.39 is 29.4 Å². The number of ether oxygens (including phenoxy) is 2. The Balaban J connectivity index is 1.07. The van der Waals surface area contributed by atoms with Crippen LogP contribution in [0.3, 0.4) is 0 Å². The molecular formula is C42H49N7O6. The van der Waals surface area contributed by atoms with Crippen molar-refractivity contribution in [3.05, 3.63) is 84.7 Å². The highest BCUT2D eigenvalue weighted by Crippen LogP contribution is 2.36. The van der Waals surface area contributed by atoms with Crippen molar-refractivity contribution in [3.63, 3.8) is 0 Å². The molecule has 2 aromatic heterocycles. The molecule has 55 heavy (non-hydrogen) atoms. The molecule has 2 amide bonds. The quantitative estimate of drug-likeness (QED) is 0.108. The number of hydrogen-bond acceptors (Lipinski definition) is 9. The lowest BCUT2D eigenvalue weighted by Gasteiger charge is -2.32. The van der Waals surface area contributed by atoms with E-state index in [0.29, 0.717) is 12.4 Å². The SMILES string of the molecule is COC(=O)N[C@H](C(=O)[C@@]1(c2ncc(-c3ccc(-c4ccc5cc(-c6cnc([C@@H]7CCCN7C(=O)OC(C)(C)C)[nH]6)ccc5c4)cc3)[nH]2)C[C@H](O)CN1)C(C)C. The molecule has 3 aromatic carbocycles. The molecule has 13 heteroatoms. The van der Waals surface area contributed by atoms with Crippen LogP contribution >= 0.6 is 0 Å². The number of Topliss-reactive ketones (excluding diaryl/α,β-unsaturated/α-hetero) is 1. The minimum atomic E-state index is -1.31. The summed E-state index contributed by atoms with van der Waals surface area (Å²) in [5, 5.41) is 18.6. The van der Waals surface area contributed by atoms with Crippen LogP contribution in [0.5, 0.6) is 0 Å². The van der Waals surface area contributed by atoms with Gasteiger partial charge in [0.25, 0.3) is 0 Å². The number of aromatic amines is 2. The molecule has 0 spiro atoms. The van der Waals surface area contributed by atoms with Crippen LogP contribution in [0.1, 0.15) is 71.6 Å². The van der Waals surface area contributed by atoms with Crippen molar-refractivity contribution in [2.45, 2.75) is 83.2 Å². The summed E-state index contributed by atoms with van der Waals surface area (Å²) in [5.74, 6) is 0.618. The third-order valence-electron chi connectivity index (χ3n) is 10.5. The lowest BCUT2D eigenvalue weighted by Crippen LogP contribution is -2.57. The summed E-state index contributed by atoms with van der Waals surface area (Å²) < 4.78 is 10.4. The van der Waals surface area contributed by atoms with Crippen molar-refractivity contribution in [2.75, 3.05) is 20.2 Å². The average Bonchev–Trinajstić information content (AvgIpc) is 3.99. The number of benzene rings is 3. The second-order valence-corrected chi connectivity index (χ2v) is 15.9. The van der Waals surface area contributed by atoms with E-state index in [4.69, 9.17) is 9.47 Å². The van der Waals surface area contributed by atoms with Crippen LogP contribution in [0.4, 0.5) is 9.59 Å². The summed E-state index contributed by atoms with van der Waals surface area (Å²) in [5.41, 5.74) is 3.74. The highest BCUT2D eigenvalue weighted by molar-refractivity contribution is 5.96. The Morgan fingerprint density at radius 1 is 0.909 bits per heavy atom. The highest BCUT2D eigenvalue weighted by Gasteiger charge is 2.51. The molecule has 0 bridgehead atoms. The monoisotopic (exact) mass is 747 g/mol. The van der Waals surface area contributed by atoms with Crippen LogP contribution in [0.25, 0.3) is 44.4 Å². The summed E-state index contributed by atoms with van der Waals surface area (Å²) in [6.45, 7) is 10.2. The first-order valence-corrected chi connectivity index (χ1v) is 18.8. The first kappa shape index (κ1) is 37.8. The molecule has 13 nitrogen and oxygen atoms in total. The van der Waals surface area contributed by atoms with Crippen LogP contribution in [0.2, 0.25) is 0 Å². The van der Waals surface area contributed by atoms with Crippen molar-refractivity contribution in [1.29, 1.82) is 0 Å². The number of nitrogens with one attached hydrogen (secondary N) is 4. The number of aliphatic hydroxyl groups excluding tert-OH is 1. The zero-order valence-corrected chi connectivity index (χ0v) is 32.1. The smallest absolute Gasteiger partial charge is 0.410 e. The lowest BCUT2D eigenvalue weighted by atomic mass is 9.82. The predicted octanol–water partition coefficient (Wildman–Crippen LogP) is 6.86. The maximum atomic E-state index is 14.0. The molecule has 2 aliphatic rings. The van der Waals surface area contributed by atoms with E-state index in [9.17, 15) is 19.5 Å². The number of β-amino-alcohol motifs (C(OH)–C–C–N with tert-alkyl or cyclic N) is 1. The molecular weight excluding hydrogens is 699 g/mol. The molecule has 5 N–H and O–H groups in total. The van der Waals surface area contributed by atoms with E-state index in [1.807, 2.05) is 52.9 Å². The van der Waals surface area contributed by atoms with Gasteiger partial charge in [0, 0.05) is 25.1 Å². The number of imidazole rings is 2. The van der Waals surface area contributed by atoms with Crippen LogP contribution in [-0.2, 0) is 19.8 Å². The van der Waals surface area contributed by atoms with Gasteiger partial charge in [0.05, 0.1) is 49.1 Å². The van der Waals surface area contributed by atoms with Gasteiger partial charge < -0.3 is 29.9 Å². The van der Waals surface area contributed by atoms with Gasteiger partial charge in [-0.3, -0.25) is 15.0 Å². The van der Waals surface area contributed by atoms with Gasteiger partial charge in [0.15, 0.2) is 5.78 Å². The van der Waals surface area contributed by atoms with Gasteiger partial charge in [0.1, 0.15) is 22.8 Å². The summed E-state index contributed by atoms with van der Waals surface area (Å²) >= 11 is 0. The van der Waals surface area contributed by atoms with E-state index in [0.717, 1.165) is 63.1 Å². The van der Waals surface area contributed by atoms with Gasteiger partial charge in [-0.2, -0.15) is 0 Å². The number of methoxy groups -OCH3 is 1. The number of aliphatic hydroxyl groups is 1. The van der Waals surface area contributed by atoms with E-state index in [-0.39, 0.29) is 36.8 Å². The molecule has 0 saturated carbocycles. The second kappa shape index (κ2) is 15.0. The molecule has 0 aliphatic carbocycles. The van der Waals surface area contributed by atoms with Crippen LogP contribution in [-0.4, -0.2) is 85.9 Å². The van der Waals surface area contributed by atoms with E-state index in [1.165, 1.54) is 7.11 Å². The Labute approximate surface area is 320 Å². The number of hydrogen-bond donors (Lipinski definition) is 5. The van der Waals surface area contributed by atoms with Gasteiger partial charge >= 0.3 is 12.2 Å². The number of aromatic nitrogens is 4. The maximum Gasteiger partial charge on any atom is 0.410 e. The summed E-state index contributed by atoms with van der Waals surface area (Å²) in [7, 11) is 1.25. The van der Waals surface area contributed by atoms with Crippen LogP contribution in [0.15, 0.2) is 73.1 Å². The van der Waals surface area contributed by atoms with E-state index >= 15 is 0 Å². The number of rotatable bonds is 9. The number of fused-ring (bicyclic) bond motifs is 1. The number of likely N-dealkylation sites (tertiary alicyclic amines) is 1. The first-order chi connectivity index (χ1) is 26.2. The number of H-pyrrole nitrogens is 2. The number of nitrogens with zero attached hydrogens (tertiary/aromatic N) is 3. The second-order valence-electron chi connectivity index (χ2n) is 15.9. The van der Waals surface area contributed by atoms with Gasteiger partial charge in [-0.15, -0.1) is 0 Å². The average molecular weight is 748 g/mol. The molecule has 2 fully saturated rings. The Kier molecular flexibility index (Phi) is 10.3. The standard InChI is InChI=1S/C42H49N7O6/c1-24(2)35(48-39(52)54-6)36(51)42(20-31(50)21-45-42)38-44-23-32(47-38)26-11-9-25(10-12-26)27-13-14-29-19-30(16-15-28(29)18-27)33-22-43-37(46-33)34-8-7-17-49(34)40(53)55-41(3,4)5/h9-16,18-19,22-24,31,34-35,45,50H,7-8,17,20-21H2,1-6H3,(H,43,46)(H,44,47)(H,48,52)/t31-,34-,35-,42+/m0/s1. The number of carbonyl (C=O) groups excluding carboxylic acids is 3. The fraction of sp³-hybridized carbons (Fsp3) is 0.405. The fourth-order valence-electron chi connectivity index (χ4n) is 7.62. The number of alkyl carbamates (subject to hydrolysis) is 1. The Bertz CT molecular complexity index is 2200. The fourth-order valence-corrected chi connectivity index (χ4v) is 7.62.